The van der Waals surface area contributed by atoms with Crippen molar-refractivity contribution in [3.8, 4) is 0 Å². The second kappa shape index (κ2) is 18.7. The number of amides is 2. The number of likely N-dealkylation sites (N-methyl/N-ethyl adjacent to an activating group) is 1. The number of Topliss-reactive ketones (excluding diaryl/α,β-unsaturated/α-hetero) is 2. The molecule has 0 aliphatic rings. The minimum Gasteiger partial charge on any atom is -0.352 e. The highest BCUT2D eigenvalue weighted by molar-refractivity contribution is 5.87. The first-order valence-corrected chi connectivity index (χ1v) is 11.8. The summed E-state index contributed by atoms with van der Waals surface area (Å²) in [6.45, 7) is 4.73. The monoisotopic (exact) mass is 455 g/mol. The molecule has 0 aliphatic carbocycles. The highest BCUT2D eigenvalue weighted by atomic mass is 16.2. The lowest BCUT2D eigenvalue weighted by molar-refractivity contribution is -0.127. The van der Waals surface area contributed by atoms with Crippen molar-refractivity contribution in [3.63, 3.8) is 0 Å². The Balaban J connectivity index is 4.70. The summed E-state index contributed by atoms with van der Waals surface area (Å²) in [4.78, 5) is 48.6. The summed E-state index contributed by atoms with van der Waals surface area (Å²) >= 11 is 0. The molecule has 0 aliphatic heterocycles. The van der Waals surface area contributed by atoms with Crippen LogP contribution >= 0.6 is 0 Å². The lowest BCUT2D eigenvalue weighted by atomic mass is 10.0. The van der Waals surface area contributed by atoms with Crippen LogP contribution in [0.15, 0.2) is 0 Å². The standard InChI is InChI=1S/C23H45N5O4/c1-17(29)16-19(27-23(32)21(26-5)11-7-9-15-25-4)12-13-22(31)28-20(18(2)30)10-6-8-14-24-3/h19-21,24-26H,6-16H2,1-5H3,(H,27,32)(H,28,31). The molecule has 186 valence electrons. The van der Waals surface area contributed by atoms with E-state index in [-0.39, 0.29) is 42.3 Å². The first-order valence-electron chi connectivity index (χ1n) is 11.8. The van der Waals surface area contributed by atoms with Crippen LogP contribution in [0.3, 0.4) is 0 Å². The molecular formula is C23H45N5O4. The molecule has 0 heterocycles. The van der Waals surface area contributed by atoms with Gasteiger partial charge in [0.1, 0.15) is 5.78 Å². The molecule has 3 unspecified atom stereocenters. The summed E-state index contributed by atoms with van der Waals surface area (Å²) in [7, 11) is 5.52. The maximum atomic E-state index is 12.7. The van der Waals surface area contributed by atoms with Crippen LogP contribution in [-0.2, 0) is 19.2 Å². The molecule has 9 nitrogen and oxygen atoms in total. The Hall–Kier alpha value is -1.84. The fraction of sp³-hybridized carbons (Fsp3) is 0.826. The molecule has 9 heteroatoms. The Morgan fingerprint density at radius 1 is 0.719 bits per heavy atom. The number of carbonyl (C=O) groups excluding carboxylic acids is 4. The second-order valence-electron chi connectivity index (χ2n) is 8.42. The molecule has 0 rings (SSSR count). The van der Waals surface area contributed by atoms with Gasteiger partial charge >= 0.3 is 0 Å². The van der Waals surface area contributed by atoms with Crippen LogP contribution in [0.4, 0.5) is 0 Å². The van der Waals surface area contributed by atoms with Crippen molar-refractivity contribution < 1.29 is 19.2 Å². The number of hydrogen-bond acceptors (Lipinski definition) is 7. The molecule has 0 aromatic rings. The quantitative estimate of drug-likeness (QED) is 0.171. The maximum absolute atomic E-state index is 12.7. The van der Waals surface area contributed by atoms with E-state index in [0.717, 1.165) is 38.8 Å². The molecule has 2 amide bonds. The minimum atomic E-state index is -0.494. The van der Waals surface area contributed by atoms with Gasteiger partial charge < -0.3 is 26.6 Å². The summed E-state index contributed by atoms with van der Waals surface area (Å²) in [6, 6.07) is -1.24. The Bertz CT molecular complexity index is 571. The molecule has 0 aromatic carbocycles. The molecular weight excluding hydrogens is 410 g/mol. The Kier molecular flexibility index (Phi) is 17.6. The van der Waals surface area contributed by atoms with E-state index in [0.29, 0.717) is 19.3 Å². The van der Waals surface area contributed by atoms with Crippen LogP contribution in [0.2, 0.25) is 0 Å². The van der Waals surface area contributed by atoms with Crippen LogP contribution in [0, 0.1) is 0 Å². The number of nitrogens with one attached hydrogen (secondary N) is 5. The summed E-state index contributed by atoms with van der Waals surface area (Å²) in [5, 5.41) is 14.9. The first kappa shape index (κ1) is 30.2. The third-order valence-corrected chi connectivity index (χ3v) is 5.43. The van der Waals surface area contributed by atoms with Crippen molar-refractivity contribution in [1.29, 1.82) is 0 Å². The number of carbonyl (C=O) groups is 4. The first-order chi connectivity index (χ1) is 15.2. The third-order valence-electron chi connectivity index (χ3n) is 5.43. The van der Waals surface area contributed by atoms with Gasteiger partial charge in [0, 0.05) is 18.9 Å². The van der Waals surface area contributed by atoms with E-state index in [1.165, 1.54) is 13.8 Å². The van der Waals surface area contributed by atoms with Gasteiger partial charge in [-0.25, -0.2) is 0 Å². The van der Waals surface area contributed by atoms with Crippen molar-refractivity contribution in [2.24, 2.45) is 0 Å². The van der Waals surface area contributed by atoms with E-state index in [1.54, 1.807) is 7.05 Å². The predicted molar refractivity (Wildman–Crippen MR) is 127 cm³/mol. The van der Waals surface area contributed by atoms with Crippen molar-refractivity contribution in [2.45, 2.75) is 89.8 Å². The van der Waals surface area contributed by atoms with Gasteiger partial charge in [-0.3, -0.25) is 19.2 Å². The van der Waals surface area contributed by atoms with Gasteiger partial charge in [0.15, 0.2) is 5.78 Å². The summed E-state index contributed by atoms with van der Waals surface area (Å²) in [6.07, 6.45) is 5.63. The van der Waals surface area contributed by atoms with Crippen molar-refractivity contribution >= 4 is 23.4 Å². The summed E-state index contributed by atoms with van der Waals surface area (Å²) < 4.78 is 0. The molecule has 32 heavy (non-hydrogen) atoms. The van der Waals surface area contributed by atoms with E-state index in [2.05, 4.69) is 26.6 Å². The summed E-state index contributed by atoms with van der Waals surface area (Å²) in [5.41, 5.74) is 0. The van der Waals surface area contributed by atoms with E-state index >= 15 is 0 Å². The molecule has 3 atom stereocenters. The fourth-order valence-electron chi connectivity index (χ4n) is 3.53. The van der Waals surface area contributed by atoms with Crippen LogP contribution in [-0.4, -0.2) is 75.7 Å². The summed E-state index contributed by atoms with van der Waals surface area (Å²) in [5.74, 6) is -0.503. The largest absolute Gasteiger partial charge is 0.352 e. The molecule has 0 radical (unpaired) electrons. The third kappa shape index (κ3) is 15.0. The van der Waals surface area contributed by atoms with Gasteiger partial charge in [0.2, 0.25) is 11.8 Å². The van der Waals surface area contributed by atoms with Gasteiger partial charge in [-0.2, -0.15) is 0 Å². The molecule has 5 N–H and O–H groups in total. The van der Waals surface area contributed by atoms with Crippen LogP contribution in [0.1, 0.15) is 71.6 Å². The zero-order valence-corrected chi connectivity index (χ0v) is 20.6. The zero-order valence-electron chi connectivity index (χ0n) is 20.6. The van der Waals surface area contributed by atoms with Crippen LogP contribution in [0.25, 0.3) is 0 Å². The van der Waals surface area contributed by atoms with Gasteiger partial charge in [-0.15, -0.1) is 0 Å². The van der Waals surface area contributed by atoms with Gasteiger partial charge in [0.05, 0.1) is 12.1 Å². The van der Waals surface area contributed by atoms with E-state index < -0.39 is 12.1 Å². The highest BCUT2D eigenvalue weighted by Crippen LogP contribution is 2.08. The smallest absolute Gasteiger partial charge is 0.237 e. The lowest BCUT2D eigenvalue weighted by Crippen LogP contribution is -2.47. The second-order valence-corrected chi connectivity index (χ2v) is 8.42. The molecule has 0 saturated carbocycles. The fourth-order valence-corrected chi connectivity index (χ4v) is 3.53. The van der Waals surface area contributed by atoms with Crippen molar-refractivity contribution in [3.05, 3.63) is 0 Å². The molecule has 0 bridgehead atoms. The zero-order chi connectivity index (χ0) is 24.4. The van der Waals surface area contributed by atoms with Gasteiger partial charge in [-0.1, -0.05) is 6.42 Å². The van der Waals surface area contributed by atoms with E-state index in [1.807, 2.05) is 14.1 Å². The lowest BCUT2D eigenvalue weighted by Gasteiger charge is -2.22. The normalized spacial score (nSPS) is 13.8. The average Bonchev–Trinajstić information content (AvgIpc) is 2.73. The minimum absolute atomic E-state index is 0.0446. The van der Waals surface area contributed by atoms with Crippen LogP contribution < -0.4 is 26.6 Å². The highest BCUT2D eigenvalue weighted by Gasteiger charge is 2.22. The molecule has 0 saturated heterocycles. The molecule has 0 fully saturated rings. The van der Waals surface area contributed by atoms with Gasteiger partial charge in [0.25, 0.3) is 0 Å². The SMILES string of the molecule is CNCCCCC(NC(=O)CCC(CC(C)=O)NC(=O)C(CCCCNC)NC)C(C)=O. The van der Waals surface area contributed by atoms with E-state index in [9.17, 15) is 19.2 Å². The topological polar surface area (TPSA) is 128 Å². The average molecular weight is 456 g/mol. The number of rotatable bonds is 20. The number of ketones is 2. The molecule has 0 spiro atoms. The Morgan fingerprint density at radius 3 is 1.75 bits per heavy atom. The predicted octanol–water partition coefficient (Wildman–Crippen LogP) is 0.672. The number of hydrogen-bond donors (Lipinski definition) is 5. The maximum Gasteiger partial charge on any atom is 0.237 e. The van der Waals surface area contributed by atoms with Crippen LogP contribution in [0.5, 0.6) is 0 Å². The van der Waals surface area contributed by atoms with Crippen molar-refractivity contribution in [2.75, 3.05) is 34.2 Å². The van der Waals surface area contributed by atoms with E-state index in [4.69, 9.17) is 0 Å². The van der Waals surface area contributed by atoms with Gasteiger partial charge in [-0.05, 0) is 86.6 Å². The Morgan fingerprint density at radius 2 is 1.28 bits per heavy atom. The molecule has 0 aromatic heterocycles. The van der Waals surface area contributed by atoms with Crippen molar-refractivity contribution in [1.82, 2.24) is 26.6 Å². The number of unbranched alkanes of at least 4 members (excludes halogenated alkanes) is 2. The Labute approximate surface area is 193 Å².